The SMILES string of the molecule is CCN=C(SC(C)C)P(=[NH+]C(C)C)(c1ccccc1)c1ccccc1.CCN=C(SC(C)C)P(c1ccccc1)c1ccccc1. The first-order valence-corrected chi connectivity index (χ1v) is 21.2. The predicted octanol–water partition coefficient (Wildman–Crippen LogP) is 8.48. The van der Waals surface area contributed by atoms with Crippen molar-refractivity contribution >= 4 is 69.3 Å². The van der Waals surface area contributed by atoms with Crippen molar-refractivity contribution in [1.29, 1.82) is 0 Å². The molecular weight excluding hydrogens is 637 g/mol. The average Bonchev–Trinajstić information content (AvgIpc) is 3.05. The van der Waals surface area contributed by atoms with E-state index in [1.165, 1.54) is 30.8 Å². The molecule has 1 N–H and O–H groups in total. The van der Waals surface area contributed by atoms with Gasteiger partial charge >= 0.3 is 0 Å². The molecule has 0 amide bonds. The number of hydrogen-bond donors (Lipinski definition) is 1. The van der Waals surface area contributed by atoms with Gasteiger partial charge in [0.15, 0.2) is 4.78 Å². The minimum absolute atomic E-state index is 0.364. The van der Waals surface area contributed by atoms with E-state index in [-0.39, 0.29) is 0 Å². The molecular formula is C39H52N3P2S2+. The van der Waals surface area contributed by atoms with E-state index in [2.05, 4.69) is 181 Å². The summed E-state index contributed by atoms with van der Waals surface area (Å²) in [5.41, 5.74) is 0. The third-order valence-electron chi connectivity index (χ3n) is 6.51. The summed E-state index contributed by atoms with van der Waals surface area (Å²) >= 11 is 3.80. The van der Waals surface area contributed by atoms with Crippen LogP contribution in [-0.2, 0) is 0 Å². The Balaban J connectivity index is 0.000000254. The molecule has 0 saturated heterocycles. The van der Waals surface area contributed by atoms with Gasteiger partial charge in [0.2, 0.25) is 7.05 Å². The molecule has 4 aromatic rings. The molecule has 0 radical (unpaired) electrons. The third kappa shape index (κ3) is 11.1. The zero-order valence-corrected chi connectivity index (χ0v) is 32.2. The Hall–Kier alpha value is -2.42. The summed E-state index contributed by atoms with van der Waals surface area (Å²) in [6.07, 6.45) is 0. The Bertz CT molecular complexity index is 1460. The van der Waals surface area contributed by atoms with Crippen LogP contribution in [0.2, 0.25) is 0 Å². The number of hydrogen-bond acceptors (Lipinski definition) is 4. The summed E-state index contributed by atoms with van der Waals surface area (Å²) in [4.78, 5) is 12.4. The Morgan fingerprint density at radius 3 is 1.33 bits per heavy atom. The third-order valence-corrected chi connectivity index (χ3v) is 16.1. The molecule has 0 saturated carbocycles. The number of benzene rings is 4. The first-order chi connectivity index (χ1) is 22.2. The highest BCUT2D eigenvalue weighted by Crippen LogP contribution is 2.47. The Kier molecular flexibility index (Phi) is 16.6. The molecule has 0 atom stereocenters. The first-order valence-electron chi connectivity index (χ1n) is 16.3. The monoisotopic (exact) mass is 688 g/mol. The Morgan fingerprint density at radius 2 is 0.978 bits per heavy atom. The molecule has 3 nitrogen and oxygen atoms in total. The van der Waals surface area contributed by atoms with Crippen molar-refractivity contribution in [1.82, 2.24) is 0 Å². The second kappa shape index (κ2) is 20.1. The summed E-state index contributed by atoms with van der Waals surface area (Å²) < 4.78 is 3.98. The van der Waals surface area contributed by atoms with Crippen molar-refractivity contribution < 1.29 is 4.74 Å². The summed E-state index contributed by atoms with van der Waals surface area (Å²) in [6, 6.07) is 43.7. The molecule has 0 aliphatic carbocycles. The summed E-state index contributed by atoms with van der Waals surface area (Å²) in [6.45, 7) is 19.3. The smallest absolute Gasteiger partial charge is 0.206 e. The lowest BCUT2D eigenvalue weighted by molar-refractivity contribution is -0.469. The Morgan fingerprint density at radius 1 is 0.587 bits per heavy atom. The maximum Gasteiger partial charge on any atom is 0.206 e. The minimum Gasteiger partial charge on any atom is -0.278 e. The van der Waals surface area contributed by atoms with Crippen LogP contribution in [0.15, 0.2) is 131 Å². The number of aliphatic imine (C=N–C) groups is 2. The van der Waals surface area contributed by atoms with Crippen LogP contribution in [0.25, 0.3) is 0 Å². The van der Waals surface area contributed by atoms with E-state index in [0.29, 0.717) is 16.5 Å². The highest BCUT2D eigenvalue weighted by Gasteiger charge is 2.38. The van der Waals surface area contributed by atoms with E-state index < -0.39 is 15.0 Å². The lowest BCUT2D eigenvalue weighted by Gasteiger charge is -2.24. The van der Waals surface area contributed by atoms with Crippen LogP contribution in [0.5, 0.6) is 0 Å². The fourth-order valence-corrected chi connectivity index (χ4v) is 15.3. The van der Waals surface area contributed by atoms with E-state index >= 15 is 0 Å². The van der Waals surface area contributed by atoms with Gasteiger partial charge in [-0.3, -0.25) is 14.7 Å². The van der Waals surface area contributed by atoms with Crippen LogP contribution >= 0.6 is 38.5 Å². The second-order valence-electron chi connectivity index (χ2n) is 11.5. The second-order valence-corrected chi connectivity index (χ2v) is 20.4. The fraction of sp³-hybridized carbons (Fsp3) is 0.333. The zero-order valence-electron chi connectivity index (χ0n) is 28.8. The van der Waals surface area contributed by atoms with Crippen molar-refractivity contribution in [2.45, 2.75) is 71.9 Å². The Labute approximate surface area is 289 Å². The molecule has 0 aliphatic rings. The predicted molar refractivity (Wildman–Crippen MR) is 216 cm³/mol. The normalized spacial score (nSPS) is 12.4. The number of nitrogens with one attached hydrogen (secondary N) is 1. The van der Waals surface area contributed by atoms with Gasteiger partial charge in [-0.2, -0.15) is 0 Å². The van der Waals surface area contributed by atoms with Crippen molar-refractivity contribution in [3.05, 3.63) is 121 Å². The van der Waals surface area contributed by atoms with E-state index in [9.17, 15) is 0 Å². The zero-order chi connectivity index (χ0) is 33.4. The topological polar surface area (TPSA) is 38.7 Å². The van der Waals surface area contributed by atoms with Gasteiger partial charge in [0, 0.05) is 42.1 Å². The van der Waals surface area contributed by atoms with Crippen LogP contribution < -0.4 is 26.0 Å². The molecule has 7 heteroatoms. The van der Waals surface area contributed by atoms with Gasteiger partial charge < -0.3 is 0 Å². The maximum absolute atomic E-state index is 5.01. The van der Waals surface area contributed by atoms with Gasteiger partial charge in [0.1, 0.15) is 6.04 Å². The molecule has 4 aromatic carbocycles. The molecule has 0 aliphatic heterocycles. The lowest BCUT2D eigenvalue weighted by Crippen LogP contribution is -2.75. The van der Waals surface area contributed by atoms with E-state index in [1.54, 1.807) is 0 Å². The lowest BCUT2D eigenvalue weighted by atomic mass is 10.4. The molecule has 0 fully saturated rings. The van der Waals surface area contributed by atoms with Gasteiger partial charge in [-0.25, -0.2) is 0 Å². The summed E-state index contributed by atoms with van der Waals surface area (Å²) in [5.74, 6) is 0. The molecule has 0 aromatic heterocycles. The standard InChI is InChI=1S/C21H29N2PS.C18H22NPS/c1-6-22-21(25-18(4)5)24(23-17(2)3,19-13-9-7-10-14-19)20-15-11-8-12-16-20;1-4-19-18(21-15(2)3)20(16-11-7-5-8-12-16)17-13-9-6-10-14-17/h7-18H,6H2,1-5H3;5-15H,4H2,1-3H3/p+1. The summed E-state index contributed by atoms with van der Waals surface area (Å²) in [5, 5.41) is 6.47. The van der Waals surface area contributed by atoms with Crippen LogP contribution in [0.4, 0.5) is 0 Å². The maximum atomic E-state index is 5.01. The highest BCUT2D eigenvalue weighted by atomic mass is 32.2. The van der Waals surface area contributed by atoms with Gasteiger partial charge in [-0.15, -0.1) is 11.8 Å². The van der Waals surface area contributed by atoms with Crippen LogP contribution in [0, 0.1) is 0 Å². The largest absolute Gasteiger partial charge is 0.278 e. The molecule has 0 spiro atoms. The van der Waals surface area contributed by atoms with E-state index in [0.717, 1.165) is 13.1 Å². The van der Waals surface area contributed by atoms with Crippen molar-refractivity contribution in [3.63, 3.8) is 0 Å². The van der Waals surface area contributed by atoms with Crippen molar-refractivity contribution in [2.24, 2.45) is 9.98 Å². The van der Waals surface area contributed by atoms with Crippen molar-refractivity contribution in [3.8, 4) is 0 Å². The van der Waals surface area contributed by atoms with Crippen LogP contribution in [0.1, 0.15) is 55.4 Å². The van der Waals surface area contributed by atoms with E-state index in [1.807, 2.05) is 23.5 Å². The molecule has 0 bridgehead atoms. The highest BCUT2D eigenvalue weighted by molar-refractivity contribution is 8.30. The first kappa shape index (κ1) is 38.0. The molecule has 244 valence electrons. The molecule has 0 heterocycles. The summed E-state index contributed by atoms with van der Waals surface area (Å²) in [7, 11) is -2.51. The van der Waals surface area contributed by atoms with Gasteiger partial charge in [-0.05, 0) is 62.6 Å². The minimum atomic E-state index is -1.97. The van der Waals surface area contributed by atoms with Gasteiger partial charge in [0.05, 0.1) is 4.78 Å². The van der Waals surface area contributed by atoms with Gasteiger partial charge in [-0.1, -0.05) is 137 Å². The molecule has 4 rings (SSSR count). The average molecular weight is 689 g/mol. The quantitative estimate of drug-likeness (QED) is 0.0976. The number of rotatable bonds is 11. The van der Waals surface area contributed by atoms with Crippen LogP contribution in [-0.4, -0.2) is 39.2 Å². The molecule has 0 unspecified atom stereocenters. The number of thioether (sulfide) groups is 2. The van der Waals surface area contributed by atoms with E-state index in [4.69, 9.17) is 9.98 Å². The van der Waals surface area contributed by atoms with Crippen LogP contribution in [0.3, 0.4) is 0 Å². The van der Waals surface area contributed by atoms with Crippen molar-refractivity contribution in [2.75, 3.05) is 13.1 Å². The van der Waals surface area contributed by atoms with Gasteiger partial charge in [0.25, 0.3) is 0 Å². The fourth-order valence-electron chi connectivity index (χ4n) is 4.86. The molecule has 46 heavy (non-hydrogen) atoms. The number of nitrogens with zero attached hydrogens (tertiary/aromatic N) is 2.